The summed E-state index contributed by atoms with van der Waals surface area (Å²) in [6.45, 7) is 0.430. The SMILES string of the molecule is O=S(=O)(NCCCCCO)c1cc(Br)cnc1Cl. The van der Waals surface area contributed by atoms with Crippen molar-refractivity contribution in [1.29, 1.82) is 0 Å². The molecule has 1 rings (SSSR count). The lowest BCUT2D eigenvalue weighted by Gasteiger charge is -2.07. The summed E-state index contributed by atoms with van der Waals surface area (Å²) in [6.07, 6.45) is 3.53. The number of rotatable bonds is 7. The largest absolute Gasteiger partial charge is 0.396 e. The van der Waals surface area contributed by atoms with Crippen LogP contribution in [0.4, 0.5) is 0 Å². The fourth-order valence-electron chi connectivity index (χ4n) is 1.29. The maximum Gasteiger partial charge on any atom is 0.243 e. The number of halogens is 2. The van der Waals surface area contributed by atoms with E-state index in [0.717, 1.165) is 6.42 Å². The Kier molecular flexibility index (Phi) is 6.51. The highest BCUT2D eigenvalue weighted by Crippen LogP contribution is 2.22. The maximum atomic E-state index is 11.9. The molecule has 1 heterocycles. The first-order valence-corrected chi connectivity index (χ1v) is 8.04. The minimum atomic E-state index is -3.64. The molecule has 18 heavy (non-hydrogen) atoms. The van der Waals surface area contributed by atoms with E-state index in [1.165, 1.54) is 12.3 Å². The molecule has 0 atom stereocenters. The Labute approximate surface area is 120 Å². The van der Waals surface area contributed by atoms with Gasteiger partial charge in [-0.15, -0.1) is 0 Å². The molecule has 0 aliphatic rings. The molecule has 0 aliphatic heterocycles. The van der Waals surface area contributed by atoms with Gasteiger partial charge in [0.25, 0.3) is 0 Å². The van der Waals surface area contributed by atoms with Crippen molar-refractivity contribution < 1.29 is 13.5 Å². The molecule has 5 nitrogen and oxygen atoms in total. The normalized spacial score (nSPS) is 11.7. The van der Waals surface area contributed by atoms with Crippen LogP contribution in [0.25, 0.3) is 0 Å². The standard InChI is InChI=1S/C10H14BrClN2O3S/c11-8-6-9(10(12)13-7-8)18(16,17)14-4-2-1-3-5-15/h6-7,14-15H,1-5H2. The predicted octanol–water partition coefficient (Wildman–Crippen LogP) is 1.94. The Bertz CT molecular complexity index is 496. The molecule has 0 saturated carbocycles. The molecule has 0 bridgehead atoms. The summed E-state index contributed by atoms with van der Waals surface area (Å²) in [5.74, 6) is 0. The second kappa shape index (κ2) is 7.40. The van der Waals surface area contributed by atoms with Crippen LogP contribution in [0.2, 0.25) is 5.15 Å². The summed E-state index contributed by atoms with van der Waals surface area (Å²) in [6, 6.07) is 1.41. The number of hydrogen-bond donors (Lipinski definition) is 2. The second-order valence-electron chi connectivity index (χ2n) is 3.62. The molecule has 1 aromatic heterocycles. The molecule has 0 saturated heterocycles. The molecule has 0 aliphatic carbocycles. The Morgan fingerprint density at radius 3 is 2.78 bits per heavy atom. The summed E-state index contributed by atoms with van der Waals surface area (Å²) in [5, 5.41) is 8.55. The summed E-state index contributed by atoms with van der Waals surface area (Å²) >= 11 is 8.91. The third-order valence-electron chi connectivity index (χ3n) is 2.19. The first-order valence-electron chi connectivity index (χ1n) is 5.39. The highest BCUT2D eigenvalue weighted by molar-refractivity contribution is 9.10. The summed E-state index contributed by atoms with van der Waals surface area (Å²) in [4.78, 5) is 3.73. The molecular formula is C10H14BrClN2O3S. The van der Waals surface area contributed by atoms with Crippen molar-refractivity contribution in [3.05, 3.63) is 21.9 Å². The molecule has 0 aromatic carbocycles. The number of aromatic nitrogens is 1. The number of nitrogens with one attached hydrogen (secondary N) is 1. The van der Waals surface area contributed by atoms with Crippen LogP contribution in [-0.2, 0) is 10.0 Å². The van der Waals surface area contributed by atoms with Gasteiger partial charge in [-0.25, -0.2) is 18.1 Å². The molecule has 0 spiro atoms. The Morgan fingerprint density at radius 1 is 1.39 bits per heavy atom. The van der Waals surface area contributed by atoms with Gasteiger partial charge in [0.15, 0.2) is 0 Å². The second-order valence-corrected chi connectivity index (χ2v) is 6.63. The zero-order chi connectivity index (χ0) is 13.6. The van der Waals surface area contributed by atoms with Crippen molar-refractivity contribution in [1.82, 2.24) is 9.71 Å². The minimum absolute atomic E-state index is 0.0410. The van der Waals surface area contributed by atoms with Gasteiger partial charge in [-0.05, 0) is 41.3 Å². The fourth-order valence-corrected chi connectivity index (χ4v) is 3.31. The van der Waals surface area contributed by atoms with Crippen LogP contribution in [0.5, 0.6) is 0 Å². The van der Waals surface area contributed by atoms with E-state index in [-0.39, 0.29) is 16.7 Å². The number of pyridine rings is 1. The lowest BCUT2D eigenvalue weighted by molar-refractivity contribution is 0.283. The molecule has 102 valence electrons. The van der Waals surface area contributed by atoms with Crippen LogP contribution in [0.15, 0.2) is 21.6 Å². The van der Waals surface area contributed by atoms with E-state index in [2.05, 4.69) is 25.6 Å². The number of unbranched alkanes of at least 4 members (excludes halogenated alkanes) is 2. The smallest absolute Gasteiger partial charge is 0.243 e. The van der Waals surface area contributed by atoms with Gasteiger partial charge < -0.3 is 5.11 Å². The molecule has 1 aromatic rings. The van der Waals surface area contributed by atoms with Crippen molar-refractivity contribution in [3.8, 4) is 0 Å². The van der Waals surface area contributed by atoms with Crippen molar-refractivity contribution in [2.24, 2.45) is 0 Å². The van der Waals surface area contributed by atoms with Gasteiger partial charge in [-0.3, -0.25) is 0 Å². The van der Waals surface area contributed by atoms with E-state index >= 15 is 0 Å². The average molecular weight is 358 g/mol. The third-order valence-corrected chi connectivity index (χ3v) is 4.51. The first kappa shape index (κ1) is 15.8. The van der Waals surface area contributed by atoms with E-state index in [0.29, 0.717) is 23.9 Å². The van der Waals surface area contributed by atoms with Gasteiger partial charge in [0.1, 0.15) is 10.0 Å². The van der Waals surface area contributed by atoms with Crippen LogP contribution in [0.3, 0.4) is 0 Å². The van der Waals surface area contributed by atoms with Gasteiger partial charge in [0.05, 0.1) is 0 Å². The van der Waals surface area contributed by atoms with Crippen molar-refractivity contribution in [3.63, 3.8) is 0 Å². The van der Waals surface area contributed by atoms with Crippen molar-refractivity contribution >= 4 is 37.6 Å². The quantitative estimate of drug-likeness (QED) is 0.577. The molecule has 0 unspecified atom stereocenters. The summed E-state index contributed by atoms with van der Waals surface area (Å²) in [7, 11) is -3.64. The van der Waals surface area contributed by atoms with Gasteiger partial charge in [-0.1, -0.05) is 11.6 Å². The third kappa shape index (κ3) is 4.81. The van der Waals surface area contributed by atoms with Crippen LogP contribution >= 0.6 is 27.5 Å². The number of nitrogens with zero attached hydrogens (tertiary/aromatic N) is 1. The van der Waals surface area contributed by atoms with Crippen molar-refractivity contribution in [2.75, 3.05) is 13.2 Å². The van der Waals surface area contributed by atoms with Crippen molar-refractivity contribution in [2.45, 2.75) is 24.2 Å². The van der Waals surface area contributed by atoms with E-state index < -0.39 is 10.0 Å². The molecule has 8 heteroatoms. The van der Waals surface area contributed by atoms with Gasteiger partial charge in [0, 0.05) is 23.8 Å². The van der Waals surface area contributed by atoms with Gasteiger partial charge in [0.2, 0.25) is 10.0 Å². The summed E-state index contributed by atoms with van der Waals surface area (Å²) < 4.78 is 26.9. The van der Waals surface area contributed by atoms with Gasteiger partial charge in [-0.2, -0.15) is 0 Å². The summed E-state index contributed by atoms with van der Waals surface area (Å²) in [5.41, 5.74) is 0. The lowest BCUT2D eigenvalue weighted by Crippen LogP contribution is -2.25. The first-order chi connectivity index (χ1) is 8.47. The monoisotopic (exact) mass is 356 g/mol. The number of aliphatic hydroxyl groups excluding tert-OH is 1. The maximum absolute atomic E-state index is 11.9. The predicted molar refractivity (Wildman–Crippen MR) is 73.1 cm³/mol. The van der Waals surface area contributed by atoms with Crippen LogP contribution in [-0.4, -0.2) is 31.7 Å². The highest BCUT2D eigenvalue weighted by atomic mass is 79.9. The lowest BCUT2D eigenvalue weighted by atomic mass is 10.2. The van der Waals surface area contributed by atoms with Crippen LogP contribution < -0.4 is 4.72 Å². The Morgan fingerprint density at radius 2 is 2.11 bits per heavy atom. The van der Waals surface area contributed by atoms with E-state index in [1.54, 1.807) is 0 Å². The Balaban J connectivity index is 2.66. The zero-order valence-corrected chi connectivity index (χ0v) is 12.7. The van der Waals surface area contributed by atoms with E-state index in [4.69, 9.17) is 16.7 Å². The topological polar surface area (TPSA) is 79.3 Å². The molecule has 0 amide bonds. The highest BCUT2D eigenvalue weighted by Gasteiger charge is 2.18. The zero-order valence-electron chi connectivity index (χ0n) is 9.57. The molecule has 0 fully saturated rings. The molecule has 0 radical (unpaired) electrons. The Hall–Kier alpha value is -0.210. The minimum Gasteiger partial charge on any atom is -0.396 e. The van der Waals surface area contributed by atoms with E-state index in [1.807, 2.05) is 0 Å². The van der Waals surface area contributed by atoms with Crippen LogP contribution in [0.1, 0.15) is 19.3 Å². The van der Waals surface area contributed by atoms with Gasteiger partial charge >= 0.3 is 0 Å². The number of sulfonamides is 1. The average Bonchev–Trinajstić information content (AvgIpc) is 2.32. The fraction of sp³-hybridized carbons (Fsp3) is 0.500. The van der Waals surface area contributed by atoms with E-state index in [9.17, 15) is 8.42 Å². The molecular weight excluding hydrogens is 344 g/mol. The molecule has 2 N–H and O–H groups in total. The number of aliphatic hydroxyl groups is 1. The van der Waals surface area contributed by atoms with Crippen LogP contribution in [0, 0.1) is 0 Å². The number of hydrogen-bond acceptors (Lipinski definition) is 4.